The Balaban J connectivity index is 2.06. The Hall–Kier alpha value is -0.720. The molecule has 1 aliphatic rings. The fourth-order valence-electron chi connectivity index (χ4n) is 2.29. The van der Waals surface area contributed by atoms with Crippen molar-refractivity contribution in [1.29, 1.82) is 0 Å². The van der Waals surface area contributed by atoms with Crippen LogP contribution in [0.15, 0.2) is 0 Å². The minimum absolute atomic E-state index is 0.00723. The fraction of sp³-hybridized carbons (Fsp3) is 0.857. The van der Waals surface area contributed by atoms with Gasteiger partial charge >= 0.3 is 0 Å². The van der Waals surface area contributed by atoms with Crippen LogP contribution in [0.5, 0.6) is 0 Å². The number of nitrogens with one attached hydrogen (secondary N) is 1. The standard InChI is InChI=1S/C14H26N4OS/c1-14(2,3)12-16-13(20-17-12)18(8-9-19-4)10-11-6-5-7-15-11/h11,15H,5-10H2,1-4H3. The number of ether oxygens (including phenoxy) is 1. The van der Waals surface area contributed by atoms with Crippen LogP contribution < -0.4 is 10.2 Å². The molecular formula is C14H26N4OS. The summed E-state index contributed by atoms with van der Waals surface area (Å²) in [7, 11) is 1.74. The van der Waals surface area contributed by atoms with Crippen LogP contribution in [-0.2, 0) is 10.2 Å². The molecule has 1 aromatic heterocycles. The number of hydrogen-bond donors (Lipinski definition) is 1. The molecule has 0 bridgehead atoms. The van der Waals surface area contributed by atoms with E-state index in [4.69, 9.17) is 9.72 Å². The quantitative estimate of drug-likeness (QED) is 0.871. The van der Waals surface area contributed by atoms with Gasteiger partial charge in [-0.05, 0) is 19.4 Å². The lowest BCUT2D eigenvalue weighted by atomic mass is 9.96. The molecule has 0 spiro atoms. The highest BCUT2D eigenvalue weighted by Gasteiger charge is 2.24. The number of anilines is 1. The van der Waals surface area contributed by atoms with Crippen molar-refractivity contribution in [2.75, 3.05) is 38.3 Å². The molecule has 0 aliphatic carbocycles. The van der Waals surface area contributed by atoms with Crippen LogP contribution in [0.2, 0.25) is 0 Å². The van der Waals surface area contributed by atoms with Gasteiger partial charge in [-0.3, -0.25) is 0 Å². The summed E-state index contributed by atoms with van der Waals surface area (Å²) in [6.07, 6.45) is 2.51. The van der Waals surface area contributed by atoms with E-state index in [-0.39, 0.29) is 5.41 Å². The summed E-state index contributed by atoms with van der Waals surface area (Å²) in [6, 6.07) is 0.564. The smallest absolute Gasteiger partial charge is 0.205 e. The molecule has 6 heteroatoms. The summed E-state index contributed by atoms with van der Waals surface area (Å²) in [5, 5.41) is 4.56. The Morgan fingerprint density at radius 1 is 1.45 bits per heavy atom. The third kappa shape index (κ3) is 4.14. The summed E-state index contributed by atoms with van der Waals surface area (Å²) in [6.45, 7) is 10.2. The van der Waals surface area contributed by atoms with Gasteiger partial charge < -0.3 is 15.0 Å². The highest BCUT2D eigenvalue weighted by molar-refractivity contribution is 7.09. The molecule has 1 N–H and O–H groups in total. The highest BCUT2D eigenvalue weighted by atomic mass is 32.1. The lowest BCUT2D eigenvalue weighted by Gasteiger charge is -2.24. The third-order valence-corrected chi connectivity index (χ3v) is 4.30. The second-order valence-electron chi connectivity index (χ2n) is 6.38. The first kappa shape index (κ1) is 15.7. The maximum absolute atomic E-state index is 5.23. The average Bonchev–Trinajstić information content (AvgIpc) is 3.04. The van der Waals surface area contributed by atoms with Gasteiger partial charge in [-0.1, -0.05) is 20.8 Å². The lowest BCUT2D eigenvalue weighted by molar-refractivity contribution is 0.204. The molecule has 1 saturated heterocycles. The van der Waals surface area contributed by atoms with Gasteiger partial charge in [0, 0.05) is 43.2 Å². The van der Waals surface area contributed by atoms with Crippen molar-refractivity contribution < 1.29 is 4.74 Å². The van der Waals surface area contributed by atoms with Crippen LogP contribution in [0.25, 0.3) is 0 Å². The van der Waals surface area contributed by atoms with E-state index in [0.29, 0.717) is 6.04 Å². The predicted octanol–water partition coefficient (Wildman–Crippen LogP) is 2.04. The highest BCUT2D eigenvalue weighted by Crippen LogP contribution is 2.25. The van der Waals surface area contributed by atoms with Gasteiger partial charge in [0.2, 0.25) is 5.13 Å². The second-order valence-corrected chi connectivity index (χ2v) is 7.11. The van der Waals surface area contributed by atoms with Crippen molar-refractivity contribution in [3.8, 4) is 0 Å². The Labute approximate surface area is 125 Å². The topological polar surface area (TPSA) is 50.3 Å². The van der Waals surface area contributed by atoms with Crippen molar-refractivity contribution in [2.45, 2.75) is 45.1 Å². The summed E-state index contributed by atoms with van der Waals surface area (Å²) in [5.74, 6) is 0.930. The Morgan fingerprint density at radius 3 is 2.80 bits per heavy atom. The average molecular weight is 298 g/mol. The van der Waals surface area contributed by atoms with Gasteiger partial charge in [0.15, 0.2) is 0 Å². The van der Waals surface area contributed by atoms with E-state index >= 15 is 0 Å². The number of methoxy groups -OCH3 is 1. The third-order valence-electron chi connectivity index (χ3n) is 3.53. The number of nitrogens with zero attached hydrogens (tertiary/aromatic N) is 3. The van der Waals surface area contributed by atoms with Crippen LogP contribution in [0, 0.1) is 0 Å². The van der Waals surface area contributed by atoms with Crippen molar-refractivity contribution in [3.05, 3.63) is 5.82 Å². The molecule has 1 fully saturated rings. The van der Waals surface area contributed by atoms with Crippen molar-refractivity contribution in [2.24, 2.45) is 0 Å². The Kier molecular flexibility index (Phi) is 5.35. The van der Waals surface area contributed by atoms with E-state index in [2.05, 4.69) is 35.4 Å². The molecule has 20 heavy (non-hydrogen) atoms. The molecule has 0 aromatic carbocycles. The zero-order chi connectivity index (χ0) is 14.6. The normalized spacial score (nSPS) is 19.5. The number of aromatic nitrogens is 2. The molecule has 1 atom stereocenters. The Bertz CT molecular complexity index is 410. The molecule has 0 amide bonds. The largest absolute Gasteiger partial charge is 0.383 e. The molecule has 2 heterocycles. The summed E-state index contributed by atoms with van der Waals surface area (Å²) in [4.78, 5) is 7.03. The van der Waals surface area contributed by atoms with Gasteiger partial charge in [-0.15, -0.1) is 0 Å². The molecule has 1 unspecified atom stereocenters. The lowest BCUT2D eigenvalue weighted by Crippen LogP contribution is -2.39. The van der Waals surface area contributed by atoms with Crippen LogP contribution in [0.1, 0.15) is 39.4 Å². The maximum atomic E-state index is 5.23. The van der Waals surface area contributed by atoms with E-state index in [1.165, 1.54) is 24.4 Å². The van der Waals surface area contributed by atoms with Gasteiger partial charge in [0.05, 0.1) is 6.61 Å². The SMILES string of the molecule is COCCN(CC1CCCN1)c1nc(C(C)(C)C)ns1. The van der Waals surface area contributed by atoms with Crippen molar-refractivity contribution in [3.63, 3.8) is 0 Å². The van der Waals surface area contributed by atoms with Gasteiger partial charge in [-0.25, -0.2) is 4.98 Å². The zero-order valence-corrected chi connectivity index (χ0v) is 13.8. The predicted molar refractivity (Wildman–Crippen MR) is 83.7 cm³/mol. The molecular weight excluding hydrogens is 272 g/mol. The molecule has 1 aromatic rings. The minimum Gasteiger partial charge on any atom is -0.383 e. The van der Waals surface area contributed by atoms with Crippen LogP contribution >= 0.6 is 11.5 Å². The minimum atomic E-state index is 0.00723. The van der Waals surface area contributed by atoms with Crippen molar-refractivity contribution in [1.82, 2.24) is 14.7 Å². The van der Waals surface area contributed by atoms with Crippen molar-refractivity contribution >= 4 is 16.7 Å². The van der Waals surface area contributed by atoms with Crippen LogP contribution in [-0.4, -0.2) is 48.8 Å². The molecule has 2 rings (SSSR count). The zero-order valence-electron chi connectivity index (χ0n) is 13.0. The molecule has 5 nitrogen and oxygen atoms in total. The Morgan fingerprint density at radius 2 is 2.25 bits per heavy atom. The number of hydrogen-bond acceptors (Lipinski definition) is 6. The number of rotatable bonds is 6. The first-order valence-corrected chi connectivity index (χ1v) is 8.09. The van der Waals surface area contributed by atoms with E-state index in [1.54, 1.807) is 7.11 Å². The first-order valence-electron chi connectivity index (χ1n) is 7.32. The summed E-state index contributed by atoms with van der Waals surface area (Å²) in [5.41, 5.74) is 0.00723. The molecule has 0 saturated carbocycles. The van der Waals surface area contributed by atoms with E-state index in [0.717, 1.165) is 37.2 Å². The van der Waals surface area contributed by atoms with E-state index in [1.807, 2.05) is 0 Å². The van der Waals surface area contributed by atoms with Crippen LogP contribution in [0.3, 0.4) is 0 Å². The summed E-state index contributed by atoms with van der Waals surface area (Å²) < 4.78 is 9.75. The monoisotopic (exact) mass is 298 g/mol. The summed E-state index contributed by atoms with van der Waals surface area (Å²) >= 11 is 1.50. The molecule has 1 aliphatic heterocycles. The molecule has 114 valence electrons. The second kappa shape index (κ2) is 6.83. The van der Waals surface area contributed by atoms with E-state index < -0.39 is 0 Å². The van der Waals surface area contributed by atoms with Gasteiger partial charge in [0.25, 0.3) is 0 Å². The first-order chi connectivity index (χ1) is 9.50. The van der Waals surface area contributed by atoms with Crippen LogP contribution in [0.4, 0.5) is 5.13 Å². The van der Waals surface area contributed by atoms with E-state index in [9.17, 15) is 0 Å². The van der Waals surface area contributed by atoms with Gasteiger partial charge in [0.1, 0.15) is 5.82 Å². The van der Waals surface area contributed by atoms with Gasteiger partial charge in [-0.2, -0.15) is 4.37 Å². The maximum Gasteiger partial charge on any atom is 0.205 e. The molecule has 0 radical (unpaired) electrons. The fourth-order valence-corrected chi connectivity index (χ4v) is 3.19.